The molecule has 0 fully saturated rings. The molecule has 0 heterocycles. The number of halogens is 2. The van der Waals surface area contributed by atoms with Gasteiger partial charge in [-0.2, -0.15) is 0 Å². The zero-order valence-electron chi connectivity index (χ0n) is 8.63. The number of rotatable bonds is 2. The molecule has 0 nitrogen and oxygen atoms in total. The van der Waals surface area contributed by atoms with Crippen LogP contribution in [0.15, 0.2) is 32.0 Å². The molecule has 1 rings (SSSR count). The molecule has 1 aliphatic carbocycles. The van der Waals surface area contributed by atoms with Crippen molar-refractivity contribution in [3.8, 4) is 0 Å². The van der Waals surface area contributed by atoms with Crippen LogP contribution < -0.4 is 0 Å². The predicted molar refractivity (Wildman–Crippen MR) is 80.8 cm³/mol. The first kappa shape index (κ1) is 12.7. The fourth-order valence-corrected chi connectivity index (χ4v) is 3.62. The summed E-state index contributed by atoms with van der Waals surface area (Å²) in [5.41, 5.74) is 0. The molecule has 0 saturated heterocycles. The molecule has 0 aromatic carbocycles. The molecule has 78 valence electrons. The van der Waals surface area contributed by atoms with E-state index >= 15 is 0 Å². The van der Waals surface area contributed by atoms with E-state index in [-0.39, 0.29) is 0 Å². The lowest BCUT2D eigenvalue weighted by molar-refractivity contribution is 0.362. The van der Waals surface area contributed by atoms with Gasteiger partial charge in [-0.25, -0.2) is 0 Å². The lowest BCUT2D eigenvalue weighted by Gasteiger charge is -2.32. The van der Waals surface area contributed by atoms with Gasteiger partial charge in [-0.3, -0.25) is 0 Å². The van der Waals surface area contributed by atoms with Gasteiger partial charge in [0.1, 0.15) is 0 Å². The van der Waals surface area contributed by atoms with Gasteiger partial charge in [-0.15, -0.1) is 0 Å². The fourth-order valence-electron chi connectivity index (χ4n) is 2.02. The van der Waals surface area contributed by atoms with Gasteiger partial charge >= 0.3 is 0 Å². The topological polar surface area (TPSA) is 0 Å². The monoisotopic (exact) mass is 414 g/mol. The van der Waals surface area contributed by atoms with Gasteiger partial charge in [-0.05, 0) is 71.6 Å². The van der Waals surface area contributed by atoms with Crippen molar-refractivity contribution in [1.29, 1.82) is 0 Å². The summed E-state index contributed by atoms with van der Waals surface area (Å²) < 4.78 is 2.73. The van der Waals surface area contributed by atoms with Crippen LogP contribution in [-0.4, -0.2) is 0 Å². The minimum atomic E-state index is 0.564. The van der Waals surface area contributed by atoms with Gasteiger partial charge in [0.25, 0.3) is 0 Å². The first-order chi connectivity index (χ1) is 6.57. The van der Waals surface area contributed by atoms with Gasteiger partial charge in [0.2, 0.25) is 0 Å². The average molecular weight is 414 g/mol. The van der Waals surface area contributed by atoms with E-state index in [9.17, 15) is 0 Å². The SMILES string of the molecule is C=C(I)C1C(/C(I)=C\C)C=CC[C@H]1C. The molecule has 2 heteroatoms. The Morgan fingerprint density at radius 2 is 2.14 bits per heavy atom. The summed E-state index contributed by atoms with van der Waals surface area (Å²) in [6, 6.07) is 0. The standard InChI is InChI=1S/C12H16I2/c1-4-11(14)10-7-5-6-8(2)12(10)9(3)13/h4-5,7-8,10,12H,3,6H2,1-2H3/b11-4+/t8-,10?,12?/m1/s1. The molecule has 0 N–H and O–H groups in total. The number of allylic oxidation sites excluding steroid dienone is 5. The summed E-state index contributed by atoms with van der Waals surface area (Å²) in [4.78, 5) is 0. The minimum absolute atomic E-state index is 0.564. The molecule has 14 heavy (non-hydrogen) atoms. The Bertz CT molecular complexity index is 276. The van der Waals surface area contributed by atoms with E-state index in [1.807, 2.05) is 0 Å². The van der Waals surface area contributed by atoms with Crippen LogP contribution in [0.4, 0.5) is 0 Å². The molecule has 0 aliphatic heterocycles. The van der Waals surface area contributed by atoms with Crippen LogP contribution in [0.1, 0.15) is 20.3 Å². The molecule has 0 aromatic heterocycles. The van der Waals surface area contributed by atoms with Crippen LogP contribution in [-0.2, 0) is 0 Å². The van der Waals surface area contributed by atoms with Crippen LogP contribution in [0.3, 0.4) is 0 Å². The Morgan fingerprint density at radius 3 is 2.64 bits per heavy atom. The molecule has 0 saturated carbocycles. The van der Waals surface area contributed by atoms with E-state index in [0.717, 1.165) is 5.92 Å². The highest BCUT2D eigenvalue weighted by Crippen LogP contribution is 2.42. The van der Waals surface area contributed by atoms with Crippen molar-refractivity contribution in [3.05, 3.63) is 32.0 Å². The largest absolute Gasteiger partial charge is 0.0894 e. The van der Waals surface area contributed by atoms with Crippen LogP contribution in [0.5, 0.6) is 0 Å². The maximum absolute atomic E-state index is 4.12. The Labute approximate surface area is 114 Å². The smallest absolute Gasteiger partial charge is 0.0148 e. The highest BCUT2D eigenvalue weighted by Gasteiger charge is 2.30. The minimum Gasteiger partial charge on any atom is -0.0894 e. The molecule has 2 unspecified atom stereocenters. The van der Waals surface area contributed by atoms with E-state index in [2.05, 4.69) is 83.8 Å². The van der Waals surface area contributed by atoms with E-state index < -0.39 is 0 Å². The quantitative estimate of drug-likeness (QED) is 0.436. The summed E-state index contributed by atoms with van der Waals surface area (Å²) in [6.07, 6.45) is 8.06. The van der Waals surface area contributed by atoms with Crippen molar-refractivity contribution in [2.24, 2.45) is 17.8 Å². The normalized spacial score (nSPS) is 33.1. The Balaban J connectivity index is 2.96. The molecule has 0 bridgehead atoms. The molecular weight excluding hydrogens is 398 g/mol. The Morgan fingerprint density at radius 1 is 1.50 bits per heavy atom. The average Bonchev–Trinajstić information content (AvgIpc) is 2.15. The molecule has 3 atom stereocenters. The second-order valence-corrected chi connectivity index (χ2v) is 6.44. The zero-order chi connectivity index (χ0) is 10.7. The second-order valence-electron chi connectivity index (χ2n) is 3.81. The first-order valence-electron chi connectivity index (χ1n) is 4.90. The van der Waals surface area contributed by atoms with Crippen molar-refractivity contribution in [1.82, 2.24) is 0 Å². The lowest BCUT2D eigenvalue weighted by atomic mass is 9.77. The zero-order valence-corrected chi connectivity index (χ0v) is 12.9. The second kappa shape index (κ2) is 5.68. The molecule has 1 aliphatic rings. The molecule has 0 aromatic rings. The van der Waals surface area contributed by atoms with E-state index in [4.69, 9.17) is 0 Å². The van der Waals surface area contributed by atoms with Crippen molar-refractivity contribution >= 4 is 45.2 Å². The fraction of sp³-hybridized carbons (Fsp3) is 0.500. The van der Waals surface area contributed by atoms with E-state index in [1.165, 1.54) is 13.6 Å². The van der Waals surface area contributed by atoms with Crippen LogP contribution >= 0.6 is 45.2 Å². The van der Waals surface area contributed by atoms with Gasteiger partial charge in [-0.1, -0.05) is 31.7 Å². The van der Waals surface area contributed by atoms with E-state index in [0.29, 0.717) is 11.8 Å². The van der Waals surface area contributed by atoms with Crippen LogP contribution in [0, 0.1) is 17.8 Å². The summed E-state index contributed by atoms with van der Waals surface area (Å²) in [6.45, 7) is 8.56. The maximum atomic E-state index is 4.12. The summed E-state index contributed by atoms with van der Waals surface area (Å²) in [5, 5.41) is 0. The third-order valence-corrected chi connectivity index (χ3v) is 4.87. The number of hydrogen-bond acceptors (Lipinski definition) is 0. The molecule has 0 spiro atoms. The Kier molecular flexibility index (Phi) is 5.17. The third-order valence-electron chi connectivity index (χ3n) is 2.81. The number of hydrogen-bond donors (Lipinski definition) is 0. The highest BCUT2D eigenvalue weighted by atomic mass is 127. The maximum Gasteiger partial charge on any atom is 0.0148 e. The first-order valence-corrected chi connectivity index (χ1v) is 7.06. The summed E-state index contributed by atoms with van der Waals surface area (Å²) >= 11 is 4.83. The van der Waals surface area contributed by atoms with Crippen molar-refractivity contribution in [2.45, 2.75) is 20.3 Å². The van der Waals surface area contributed by atoms with Gasteiger partial charge in [0, 0.05) is 11.8 Å². The van der Waals surface area contributed by atoms with Crippen LogP contribution in [0.2, 0.25) is 0 Å². The highest BCUT2D eigenvalue weighted by molar-refractivity contribution is 14.1. The summed E-state index contributed by atoms with van der Waals surface area (Å²) in [5.74, 6) is 1.90. The van der Waals surface area contributed by atoms with Gasteiger partial charge < -0.3 is 0 Å². The third kappa shape index (κ3) is 2.84. The molecule has 0 amide bonds. The van der Waals surface area contributed by atoms with Gasteiger partial charge in [0.05, 0.1) is 0 Å². The predicted octanol–water partition coefficient (Wildman–Crippen LogP) is 5.10. The van der Waals surface area contributed by atoms with Crippen molar-refractivity contribution < 1.29 is 0 Å². The van der Waals surface area contributed by atoms with E-state index in [1.54, 1.807) is 0 Å². The van der Waals surface area contributed by atoms with Crippen molar-refractivity contribution in [3.63, 3.8) is 0 Å². The molecule has 0 radical (unpaired) electrons. The lowest BCUT2D eigenvalue weighted by Crippen LogP contribution is -2.23. The Hall–Kier alpha value is 0.680. The van der Waals surface area contributed by atoms with Gasteiger partial charge in [0.15, 0.2) is 0 Å². The van der Waals surface area contributed by atoms with Crippen LogP contribution in [0.25, 0.3) is 0 Å². The summed E-state index contributed by atoms with van der Waals surface area (Å²) in [7, 11) is 0. The molecular formula is C12H16I2. The van der Waals surface area contributed by atoms with Crippen molar-refractivity contribution in [2.75, 3.05) is 0 Å².